The van der Waals surface area contributed by atoms with Gasteiger partial charge in [-0.2, -0.15) is 0 Å². The maximum absolute atomic E-state index is 6.51. The van der Waals surface area contributed by atoms with Crippen molar-refractivity contribution >= 4 is 10.8 Å². The van der Waals surface area contributed by atoms with Gasteiger partial charge in [0.25, 0.3) is 0 Å². The molecule has 0 saturated carbocycles. The Balaban J connectivity index is 2.36. The summed E-state index contributed by atoms with van der Waals surface area (Å²) in [5.74, 6) is 0.595. The van der Waals surface area contributed by atoms with E-state index in [1.807, 2.05) is 0 Å². The van der Waals surface area contributed by atoms with Crippen molar-refractivity contribution in [1.82, 2.24) is 0 Å². The van der Waals surface area contributed by atoms with Crippen molar-refractivity contribution in [2.75, 3.05) is 0 Å². The van der Waals surface area contributed by atoms with Gasteiger partial charge in [0.1, 0.15) is 0 Å². The molecule has 0 spiro atoms. The third-order valence-electron chi connectivity index (χ3n) is 4.66. The highest BCUT2D eigenvalue weighted by molar-refractivity contribution is 5.88. The molecule has 0 amide bonds. The number of hydrogen-bond donors (Lipinski definition) is 1. The third-order valence-corrected chi connectivity index (χ3v) is 4.66. The molecule has 0 aliphatic heterocycles. The van der Waals surface area contributed by atoms with Crippen LogP contribution in [0.25, 0.3) is 10.8 Å². The Morgan fingerprint density at radius 1 is 1.00 bits per heavy atom. The summed E-state index contributed by atoms with van der Waals surface area (Å²) in [5.41, 5.74) is 9.41. The fourth-order valence-electron chi connectivity index (χ4n) is 2.66. The first kappa shape index (κ1) is 15.1. The molecule has 0 aliphatic rings. The van der Waals surface area contributed by atoms with E-state index in [0.29, 0.717) is 11.3 Å². The average molecular weight is 269 g/mol. The summed E-state index contributed by atoms with van der Waals surface area (Å²) in [6.45, 7) is 11.3. The Labute approximate surface area is 123 Å². The van der Waals surface area contributed by atoms with Crippen LogP contribution < -0.4 is 5.73 Å². The summed E-state index contributed by atoms with van der Waals surface area (Å²) in [6.07, 6.45) is 1.02. The number of hydrogen-bond acceptors (Lipinski definition) is 1. The minimum Gasteiger partial charge on any atom is -0.324 e. The minimum atomic E-state index is 0.106. The van der Waals surface area contributed by atoms with Crippen LogP contribution in [0.5, 0.6) is 0 Å². The average Bonchev–Trinajstić information content (AvgIpc) is 2.38. The Kier molecular flexibility index (Phi) is 4.19. The predicted molar refractivity (Wildman–Crippen MR) is 88.8 cm³/mol. The van der Waals surface area contributed by atoms with Gasteiger partial charge in [0.15, 0.2) is 0 Å². The Morgan fingerprint density at radius 3 is 2.20 bits per heavy atom. The Hall–Kier alpha value is -1.34. The normalized spacial score (nSPS) is 15.3. The van der Waals surface area contributed by atoms with Crippen molar-refractivity contribution in [3.05, 3.63) is 47.5 Å². The van der Waals surface area contributed by atoms with Gasteiger partial charge in [-0.25, -0.2) is 0 Å². The van der Waals surface area contributed by atoms with Gasteiger partial charge in [0, 0.05) is 6.04 Å². The van der Waals surface area contributed by atoms with Crippen molar-refractivity contribution in [1.29, 1.82) is 0 Å². The van der Waals surface area contributed by atoms with Crippen LogP contribution in [0, 0.1) is 18.3 Å². The van der Waals surface area contributed by atoms with Gasteiger partial charge in [0.2, 0.25) is 0 Å². The van der Waals surface area contributed by atoms with Gasteiger partial charge in [-0.3, -0.25) is 0 Å². The smallest absolute Gasteiger partial charge is 0.0303 e. The molecule has 1 heteroatoms. The summed E-state index contributed by atoms with van der Waals surface area (Å²) in [4.78, 5) is 0. The lowest BCUT2D eigenvalue weighted by Crippen LogP contribution is -2.23. The monoisotopic (exact) mass is 269 g/mol. The second kappa shape index (κ2) is 5.57. The number of rotatable bonds is 3. The SMILES string of the molecule is Cc1ccc(C(N)CC(C)C(C)(C)C)c2ccccc12. The molecule has 0 aliphatic carbocycles. The Morgan fingerprint density at radius 2 is 1.60 bits per heavy atom. The van der Waals surface area contributed by atoms with E-state index in [4.69, 9.17) is 5.73 Å². The molecule has 0 aromatic heterocycles. The van der Waals surface area contributed by atoms with Crippen molar-refractivity contribution in [2.45, 2.75) is 47.1 Å². The highest BCUT2D eigenvalue weighted by atomic mass is 14.6. The molecular weight excluding hydrogens is 242 g/mol. The molecule has 108 valence electrons. The van der Waals surface area contributed by atoms with Crippen molar-refractivity contribution in [3.63, 3.8) is 0 Å². The molecule has 0 radical (unpaired) electrons. The quantitative estimate of drug-likeness (QED) is 0.812. The molecule has 2 atom stereocenters. The minimum absolute atomic E-state index is 0.106. The molecule has 0 heterocycles. The van der Waals surface area contributed by atoms with Crippen LogP contribution >= 0.6 is 0 Å². The van der Waals surface area contributed by atoms with E-state index >= 15 is 0 Å². The van der Waals surface area contributed by atoms with Crippen LogP contribution in [0.15, 0.2) is 36.4 Å². The van der Waals surface area contributed by atoms with Gasteiger partial charge in [-0.15, -0.1) is 0 Å². The number of fused-ring (bicyclic) bond motifs is 1. The van der Waals surface area contributed by atoms with Crippen LogP contribution in [0.4, 0.5) is 0 Å². The molecule has 0 fully saturated rings. The van der Waals surface area contributed by atoms with Gasteiger partial charge in [-0.05, 0) is 46.6 Å². The van der Waals surface area contributed by atoms with Crippen molar-refractivity contribution in [2.24, 2.45) is 17.1 Å². The van der Waals surface area contributed by atoms with E-state index in [-0.39, 0.29) is 6.04 Å². The van der Waals surface area contributed by atoms with Crippen molar-refractivity contribution < 1.29 is 0 Å². The molecule has 2 aromatic carbocycles. The highest BCUT2D eigenvalue weighted by Crippen LogP contribution is 2.34. The van der Waals surface area contributed by atoms with E-state index in [1.165, 1.54) is 21.9 Å². The van der Waals surface area contributed by atoms with Gasteiger partial charge in [-0.1, -0.05) is 64.1 Å². The first-order chi connectivity index (χ1) is 9.30. The zero-order chi connectivity index (χ0) is 14.9. The third kappa shape index (κ3) is 3.04. The number of benzene rings is 2. The Bertz CT molecular complexity index is 592. The topological polar surface area (TPSA) is 26.0 Å². The van der Waals surface area contributed by atoms with E-state index in [9.17, 15) is 0 Å². The zero-order valence-corrected chi connectivity index (χ0v) is 13.4. The lowest BCUT2D eigenvalue weighted by molar-refractivity contribution is 0.234. The van der Waals surface area contributed by atoms with Crippen LogP contribution in [-0.4, -0.2) is 0 Å². The van der Waals surface area contributed by atoms with Crippen LogP contribution in [-0.2, 0) is 0 Å². The van der Waals surface area contributed by atoms with Crippen LogP contribution in [0.3, 0.4) is 0 Å². The largest absolute Gasteiger partial charge is 0.324 e. The maximum atomic E-state index is 6.51. The number of aryl methyl sites for hydroxylation is 1. The standard InChI is InChI=1S/C19H27N/c1-13-10-11-17(16-9-7-6-8-15(13)16)18(20)12-14(2)19(3,4)5/h6-11,14,18H,12,20H2,1-5H3. The molecule has 0 bridgehead atoms. The van der Waals surface area contributed by atoms with Gasteiger partial charge in [0.05, 0.1) is 0 Å². The number of nitrogens with two attached hydrogens (primary N) is 1. The van der Waals surface area contributed by atoms with E-state index < -0.39 is 0 Å². The van der Waals surface area contributed by atoms with Crippen LogP contribution in [0.1, 0.15) is 51.3 Å². The second-order valence-corrected chi connectivity index (χ2v) is 7.13. The molecule has 2 unspecified atom stereocenters. The second-order valence-electron chi connectivity index (χ2n) is 7.13. The predicted octanol–water partition coefficient (Wildman–Crippen LogP) is 5.22. The summed E-state index contributed by atoms with van der Waals surface area (Å²) < 4.78 is 0. The molecule has 0 saturated heterocycles. The first-order valence-electron chi connectivity index (χ1n) is 7.54. The summed E-state index contributed by atoms with van der Waals surface area (Å²) in [7, 11) is 0. The molecule has 2 aromatic rings. The van der Waals surface area contributed by atoms with Gasteiger partial charge >= 0.3 is 0 Å². The molecular formula is C19H27N. The summed E-state index contributed by atoms with van der Waals surface area (Å²) in [5, 5.41) is 2.63. The van der Waals surface area contributed by atoms with Gasteiger partial charge < -0.3 is 5.73 Å². The molecule has 2 N–H and O–H groups in total. The van der Waals surface area contributed by atoms with E-state index in [2.05, 4.69) is 71.0 Å². The lowest BCUT2D eigenvalue weighted by atomic mass is 9.77. The molecule has 1 nitrogen and oxygen atoms in total. The summed E-state index contributed by atoms with van der Waals surface area (Å²) >= 11 is 0. The molecule has 2 rings (SSSR count). The van der Waals surface area contributed by atoms with Crippen LogP contribution in [0.2, 0.25) is 0 Å². The summed E-state index contributed by atoms with van der Waals surface area (Å²) in [6, 6.07) is 13.1. The fraction of sp³-hybridized carbons (Fsp3) is 0.474. The maximum Gasteiger partial charge on any atom is 0.0303 e. The molecule has 20 heavy (non-hydrogen) atoms. The lowest BCUT2D eigenvalue weighted by Gasteiger charge is -2.30. The zero-order valence-electron chi connectivity index (χ0n) is 13.4. The van der Waals surface area contributed by atoms with E-state index in [1.54, 1.807) is 0 Å². The highest BCUT2D eigenvalue weighted by Gasteiger charge is 2.23. The van der Waals surface area contributed by atoms with E-state index in [0.717, 1.165) is 6.42 Å². The fourth-order valence-corrected chi connectivity index (χ4v) is 2.66. The first-order valence-corrected chi connectivity index (χ1v) is 7.54. The van der Waals surface area contributed by atoms with Crippen molar-refractivity contribution in [3.8, 4) is 0 Å².